The number of aromatic nitrogens is 1. The fourth-order valence-corrected chi connectivity index (χ4v) is 3.07. The third-order valence-corrected chi connectivity index (χ3v) is 4.33. The molecule has 2 heterocycles. The molecule has 0 fully saturated rings. The average molecular weight is 308 g/mol. The van der Waals surface area contributed by atoms with E-state index in [4.69, 9.17) is 0 Å². The first-order valence-corrected chi connectivity index (χ1v) is 8.05. The summed E-state index contributed by atoms with van der Waals surface area (Å²) in [5.74, 6) is -0.127. The molecule has 0 bridgehead atoms. The number of benzene rings is 1. The van der Waals surface area contributed by atoms with Gasteiger partial charge in [0.15, 0.2) is 0 Å². The molecule has 4 heteroatoms. The van der Waals surface area contributed by atoms with Crippen molar-refractivity contribution >= 4 is 22.9 Å². The highest BCUT2D eigenvalue weighted by Gasteiger charge is 2.15. The summed E-state index contributed by atoms with van der Waals surface area (Å²) < 4.78 is 0. The third-order valence-electron chi connectivity index (χ3n) is 3.45. The number of para-hydroxylation sites is 1. The maximum absolute atomic E-state index is 12.7. The molecule has 0 unspecified atom stereocenters. The molecule has 1 aromatic carbocycles. The maximum Gasteiger partial charge on any atom is 0.257 e. The smallest absolute Gasteiger partial charge is 0.257 e. The number of carbonyl (C=O) groups is 1. The van der Waals surface area contributed by atoms with Crippen molar-refractivity contribution in [1.29, 1.82) is 0 Å². The standard InChI is InChI=1S/C18H16N2OS/c1-2-13-7-3-4-9-15(13)20-18(21)14-8-5-11-19-17(14)16-10-6-12-22-16/h3-12H,2H2,1H3,(H,20,21). The minimum atomic E-state index is -0.127. The van der Waals surface area contributed by atoms with Crippen molar-refractivity contribution in [3.63, 3.8) is 0 Å². The van der Waals surface area contributed by atoms with Crippen molar-refractivity contribution in [2.45, 2.75) is 13.3 Å². The second-order valence-electron chi connectivity index (χ2n) is 4.84. The molecule has 0 atom stereocenters. The van der Waals surface area contributed by atoms with Crippen LogP contribution in [0.2, 0.25) is 0 Å². The number of amides is 1. The molecule has 0 saturated heterocycles. The van der Waals surface area contributed by atoms with Crippen LogP contribution in [0.25, 0.3) is 10.6 Å². The Kier molecular flexibility index (Phi) is 4.30. The second-order valence-corrected chi connectivity index (χ2v) is 5.79. The Hall–Kier alpha value is -2.46. The van der Waals surface area contributed by atoms with E-state index in [-0.39, 0.29) is 5.91 Å². The Labute approximate surface area is 133 Å². The molecule has 3 aromatic rings. The van der Waals surface area contributed by atoms with Crippen LogP contribution in [-0.4, -0.2) is 10.9 Å². The van der Waals surface area contributed by atoms with Crippen LogP contribution < -0.4 is 5.32 Å². The number of pyridine rings is 1. The average Bonchev–Trinajstić information content (AvgIpc) is 3.09. The Bertz CT molecular complexity index is 781. The van der Waals surface area contributed by atoms with Gasteiger partial charge in [-0.3, -0.25) is 9.78 Å². The van der Waals surface area contributed by atoms with Crippen LogP contribution >= 0.6 is 11.3 Å². The Morgan fingerprint density at radius 2 is 2.00 bits per heavy atom. The van der Waals surface area contributed by atoms with Gasteiger partial charge in [-0.05, 0) is 41.6 Å². The normalized spacial score (nSPS) is 10.4. The number of rotatable bonds is 4. The fraction of sp³-hybridized carbons (Fsp3) is 0.111. The lowest BCUT2D eigenvalue weighted by Crippen LogP contribution is -2.14. The molecule has 2 aromatic heterocycles. The lowest BCUT2D eigenvalue weighted by molar-refractivity contribution is 0.102. The topological polar surface area (TPSA) is 42.0 Å². The van der Waals surface area contributed by atoms with Gasteiger partial charge < -0.3 is 5.32 Å². The highest BCUT2D eigenvalue weighted by molar-refractivity contribution is 7.13. The van der Waals surface area contributed by atoms with Crippen molar-refractivity contribution in [1.82, 2.24) is 4.98 Å². The summed E-state index contributed by atoms with van der Waals surface area (Å²) >= 11 is 1.58. The van der Waals surface area contributed by atoms with Crippen LogP contribution in [0.15, 0.2) is 60.1 Å². The summed E-state index contributed by atoms with van der Waals surface area (Å²) in [6.07, 6.45) is 2.59. The van der Waals surface area contributed by atoms with Gasteiger partial charge in [0, 0.05) is 11.9 Å². The first-order valence-electron chi connectivity index (χ1n) is 7.17. The van der Waals surface area contributed by atoms with Gasteiger partial charge in [0.05, 0.1) is 16.1 Å². The summed E-state index contributed by atoms with van der Waals surface area (Å²) in [7, 11) is 0. The number of nitrogens with one attached hydrogen (secondary N) is 1. The molecule has 0 saturated carbocycles. The highest BCUT2D eigenvalue weighted by atomic mass is 32.1. The van der Waals surface area contributed by atoms with E-state index < -0.39 is 0 Å². The van der Waals surface area contributed by atoms with Crippen molar-refractivity contribution in [3.8, 4) is 10.6 Å². The van der Waals surface area contributed by atoms with Gasteiger partial charge >= 0.3 is 0 Å². The zero-order valence-corrected chi connectivity index (χ0v) is 13.1. The number of hydrogen-bond donors (Lipinski definition) is 1. The molecule has 22 heavy (non-hydrogen) atoms. The van der Waals surface area contributed by atoms with Crippen molar-refractivity contribution in [2.24, 2.45) is 0 Å². The van der Waals surface area contributed by atoms with E-state index in [1.807, 2.05) is 47.8 Å². The second kappa shape index (κ2) is 6.54. The largest absolute Gasteiger partial charge is 0.322 e. The predicted octanol–water partition coefficient (Wildman–Crippen LogP) is 4.62. The lowest BCUT2D eigenvalue weighted by Gasteiger charge is -2.11. The molecule has 1 amide bonds. The molecule has 110 valence electrons. The van der Waals surface area contributed by atoms with E-state index in [2.05, 4.69) is 17.2 Å². The number of anilines is 1. The Morgan fingerprint density at radius 3 is 2.77 bits per heavy atom. The molecule has 0 aliphatic carbocycles. The van der Waals surface area contributed by atoms with E-state index in [1.165, 1.54) is 0 Å². The van der Waals surface area contributed by atoms with Gasteiger partial charge in [-0.1, -0.05) is 31.2 Å². The zero-order chi connectivity index (χ0) is 15.4. The molecular formula is C18H16N2OS. The molecule has 3 rings (SSSR count). The first kappa shape index (κ1) is 14.5. The van der Waals surface area contributed by atoms with Crippen LogP contribution in [0.5, 0.6) is 0 Å². The number of hydrogen-bond acceptors (Lipinski definition) is 3. The summed E-state index contributed by atoms with van der Waals surface area (Å²) in [5, 5.41) is 4.99. The summed E-state index contributed by atoms with van der Waals surface area (Å²) in [4.78, 5) is 18.0. The zero-order valence-electron chi connectivity index (χ0n) is 12.2. The number of carbonyl (C=O) groups excluding carboxylic acids is 1. The lowest BCUT2D eigenvalue weighted by atomic mass is 10.1. The van der Waals surface area contributed by atoms with Crippen LogP contribution in [-0.2, 0) is 6.42 Å². The molecular weight excluding hydrogens is 292 g/mol. The van der Waals surface area contributed by atoms with Crippen molar-refractivity contribution in [2.75, 3.05) is 5.32 Å². The van der Waals surface area contributed by atoms with E-state index in [1.54, 1.807) is 23.6 Å². The SMILES string of the molecule is CCc1ccccc1NC(=O)c1cccnc1-c1cccs1. The van der Waals surface area contributed by atoms with Gasteiger partial charge in [-0.15, -0.1) is 11.3 Å². The maximum atomic E-state index is 12.7. The minimum Gasteiger partial charge on any atom is -0.322 e. The van der Waals surface area contributed by atoms with Gasteiger partial charge in [0.1, 0.15) is 0 Å². The van der Waals surface area contributed by atoms with Crippen LogP contribution in [0, 0.1) is 0 Å². The number of aryl methyl sites for hydroxylation is 1. The minimum absolute atomic E-state index is 0.127. The summed E-state index contributed by atoms with van der Waals surface area (Å²) in [5.41, 5.74) is 3.30. The monoisotopic (exact) mass is 308 g/mol. The Balaban J connectivity index is 1.93. The van der Waals surface area contributed by atoms with E-state index in [0.29, 0.717) is 5.56 Å². The molecule has 0 aliphatic heterocycles. The van der Waals surface area contributed by atoms with E-state index in [9.17, 15) is 4.79 Å². The van der Waals surface area contributed by atoms with Gasteiger partial charge in [-0.25, -0.2) is 0 Å². The van der Waals surface area contributed by atoms with Gasteiger partial charge in [0.25, 0.3) is 5.91 Å². The van der Waals surface area contributed by atoms with E-state index >= 15 is 0 Å². The van der Waals surface area contributed by atoms with Crippen LogP contribution in [0.3, 0.4) is 0 Å². The third kappa shape index (κ3) is 2.92. The molecule has 0 aliphatic rings. The Morgan fingerprint density at radius 1 is 1.14 bits per heavy atom. The highest BCUT2D eigenvalue weighted by Crippen LogP contribution is 2.26. The number of nitrogens with zero attached hydrogens (tertiary/aromatic N) is 1. The van der Waals surface area contributed by atoms with Crippen LogP contribution in [0.1, 0.15) is 22.8 Å². The summed E-state index contributed by atoms with van der Waals surface area (Å²) in [6, 6.07) is 15.4. The molecule has 3 nitrogen and oxygen atoms in total. The quantitative estimate of drug-likeness (QED) is 0.764. The van der Waals surface area contributed by atoms with Crippen molar-refractivity contribution in [3.05, 3.63) is 71.2 Å². The first-order chi connectivity index (χ1) is 10.8. The van der Waals surface area contributed by atoms with Crippen LogP contribution in [0.4, 0.5) is 5.69 Å². The van der Waals surface area contributed by atoms with Crippen molar-refractivity contribution < 1.29 is 4.79 Å². The molecule has 0 spiro atoms. The summed E-state index contributed by atoms with van der Waals surface area (Å²) in [6.45, 7) is 2.08. The van der Waals surface area contributed by atoms with Gasteiger partial charge in [0.2, 0.25) is 0 Å². The fourth-order valence-electron chi connectivity index (χ4n) is 2.34. The number of thiophene rings is 1. The molecule has 1 N–H and O–H groups in total. The molecule has 0 radical (unpaired) electrons. The van der Waals surface area contributed by atoms with E-state index in [0.717, 1.165) is 28.2 Å². The predicted molar refractivity (Wildman–Crippen MR) is 91.3 cm³/mol. The van der Waals surface area contributed by atoms with Gasteiger partial charge in [-0.2, -0.15) is 0 Å².